The molecule has 0 aliphatic carbocycles. The molecule has 1 fully saturated rings. The molecule has 1 saturated heterocycles. The van der Waals surface area contributed by atoms with Crippen LogP contribution in [0.4, 0.5) is 0 Å². The van der Waals surface area contributed by atoms with Gasteiger partial charge in [-0.05, 0) is 102 Å². The zero-order valence-electron chi connectivity index (χ0n) is 28.5. The first kappa shape index (κ1) is 37.2. The molecular formula is C35H58O7Si. The van der Waals surface area contributed by atoms with Gasteiger partial charge in [-0.3, -0.25) is 4.79 Å². The fraction of sp³-hybridized carbons (Fsp3) is 0.686. The molecule has 1 aromatic carbocycles. The number of esters is 1. The molecule has 0 amide bonds. The third-order valence-corrected chi connectivity index (χ3v) is 13.3. The Morgan fingerprint density at radius 3 is 2.28 bits per heavy atom. The number of epoxide rings is 1. The van der Waals surface area contributed by atoms with Crippen molar-refractivity contribution in [3.63, 3.8) is 0 Å². The highest BCUT2D eigenvalue weighted by atomic mass is 28.4. The first-order chi connectivity index (χ1) is 20.2. The third-order valence-electron chi connectivity index (χ3n) is 8.69. The molecule has 0 spiro atoms. The van der Waals surface area contributed by atoms with Crippen LogP contribution in [0.2, 0.25) is 18.1 Å². The van der Waals surface area contributed by atoms with Crippen LogP contribution in [0.1, 0.15) is 93.6 Å². The molecular weight excluding hydrogens is 560 g/mol. The number of allylic oxidation sites excluding steroid dienone is 1. The van der Waals surface area contributed by atoms with Crippen LogP contribution in [0, 0.1) is 0 Å². The SMILES string of the molecule is CC[Si](CC)(CC)O[C@@H](CC/C(C)=C/COCc1ccc(OC)cc1)/C(C)=C\C[C@@H]1O[C@@]1(C)[C@H](O)CC(=O)OC(C)(C)C. The summed E-state index contributed by atoms with van der Waals surface area (Å²) in [6.45, 7) is 19.6. The summed E-state index contributed by atoms with van der Waals surface area (Å²) in [6.07, 6.45) is 5.77. The Labute approximate surface area is 262 Å². The van der Waals surface area contributed by atoms with Crippen molar-refractivity contribution < 1.29 is 33.3 Å². The van der Waals surface area contributed by atoms with Crippen LogP contribution in [-0.2, 0) is 30.0 Å². The fourth-order valence-electron chi connectivity index (χ4n) is 5.26. The number of hydrogen-bond donors (Lipinski definition) is 1. The van der Waals surface area contributed by atoms with Crippen molar-refractivity contribution in [1.82, 2.24) is 0 Å². The van der Waals surface area contributed by atoms with Crippen molar-refractivity contribution in [3.8, 4) is 5.75 Å². The van der Waals surface area contributed by atoms with E-state index in [1.165, 1.54) is 11.1 Å². The van der Waals surface area contributed by atoms with Gasteiger partial charge in [0, 0.05) is 0 Å². The summed E-state index contributed by atoms with van der Waals surface area (Å²) in [5.74, 6) is 0.432. The second-order valence-electron chi connectivity index (χ2n) is 13.1. The number of carbonyl (C=O) groups is 1. The Bertz CT molecular complexity index is 1050. The summed E-state index contributed by atoms with van der Waals surface area (Å²) in [6, 6.07) is 11.2. The highest BCUT2D eigenvalue weighted by molar-refractivity contribution is 6.73. The molecule has 0 aromatic heterocycles. The maximum Gasteiger partial charge on any atom is 0.309 e. The lowest BCUT2D eigenvalue weighted by molar-refractivity contribution is -0.158. The summed E-state index contributed by atoms with van der Waals surface area (Å²) in [4.78, 5) is 12.2. The first-order valence-corrected chi connectivity index (χ1v) is 18.5. The number of ether oxygens (including phenoxy) is 4. The average molecular weight is 619 g/mol. The molecule has 1 aliphatic heterocycles. The molecule has 1 N–H and O–H groups in total. The summed E-state index contributed by atoms with van der Waals surface area (Å²) in [7, 11) is -0.165. The van der Waals surface area contributed by atoms with E-state index >= 15 is 0 Å². The van der Waals surface area contributed by atoms with E-state index in [4.69, 9.17) is 23.4 Å². The number of aliphatic hydroxyl groups is 1. The first-order valence-electron chi connectivity index (χ1n) is 16.0. The molecule has 1 aromatic rings. The predicted molar refractivity (Wildman–Crippen MR) is 176 cm³/mol. The lowest BCUT2D eigenvalue weighted by atomic mass is 9.95. The smallest absolute Gasteiger partial charge is 0.309 e. The van der Waals surface area contributed by atoms with Gasteiger partial charge in [-0.2, -0.15) is 0 Å². The number of aliphatic hydroxyl groups excluding tert-OH is 1. The molecule has 0 unspecified atom stereocenters. The van der Waals surface area contributed by atoms with Gasteiger partial charge in [-0.25, -0.2) is 0 Å². The quantitative estimate of drug-likeness (QED) is 0.0554. The van der Waals surface area contributed by atoms with Gasteiger partial charge in [-0.1, -0.05) is 50.6 Å². The Balaban J connectivity index is 1.98. The minimum Gasteiger partial charge on any atom is -0.497 e. The number of carbonyl (C=O) groups excluding carboxylic acids is 1. The van der Waals surface area contributed by atoms with Crippen molar-refractivity contribution in [2.45, 2.75) is 142 Å². The molecule has 1 heterocycles. The van der Waals surface area contributed by atoms with Crippen LogP contribution in [0.15, 0.2) is 47.6 Å². The number of rotatable bonds is 19. The monoisotopic (exact) mass is 618 g/mol. The molecule has 1 aliphatic rings. The maximum absolute atomic E-state index is 12.2. The van der Waals surface area contributed by atoms with Crippen molar-refractivity contribution in [1.29, 1.82) is 0 Å². The number of methoxy groups -OCH3 is 1. The molecule has 0 radical (unpaired) electrons. The van der Waals surface area contributed by atoms with Crippen molar-refractivity contribution >= 4 is 14.3 Å². The molecule has 2 rings (SSSR count). The zero-order valence-corrected chi connectivity index (χ0v) is 29.5. The predicted octanol–water partition coefficient (Wildman–Crippen LogP) is 7.92. The van der Waals surface area contributed by atoms with E-state index in [1.54, 1.807) is 7.11 Å². The van der Waals surface area contributed by atoms with Crippen molar-refractivity contribution in [3.05, 3.63) is 53.1 Å². The van der Waals surface area contributed by atoms with Gasteiger partial charge in [0.2, 0.25) is 0 Å². The summed E-state index contributed by atoms with van der Waals surface area (Å²) >= 11 is 0. The van der Waals surface area contributed by atoms with Crippen LogP contribution in [0.5, 0.6) is 5.75 Å². The standard InChI is InChI=1S/C35H58O7Si/c1-11-43(12-2,13-3)42-30(20-14-26(4)22-23-39-25-28-16-18-29(38-10)19-17-28)27(5)15-21-32-35(9,40-32)31(36)24-33(37)41-34(6,7)8/h15-19,22,30-32,36H,11-14,20-21,23-25H2,1-10H3/b26-22+,27-15-/t30-,31+,32-,35-/m0/s1. The van der Waals surface area contributed by atoms with Gasteiger partial charge < -0.3 is 28.5 Å². The molecule has 8 heteroatoms. The lowest BCUT2D eigenvalue weighted by Gasteiger charge is -2.34. The van der Waals surface area contributed by atoms with E-state index in [0.29, 0.717) is 19.6 Å². The van der Waals surface area contributed by atoms with Gasteiger partial charge in [0.1, 0.15) is 17.0 Å². The normalized spacial score (nSPS) is 21.0. The molecule has 7 nitrogen and oxygen atoms in total. The van der Waals surface area contributed by atoms with E-state index < -0.39 is 31.6 Å². The van der Waals surface area contributed by atoms with Crippen LogP contribution in [-0.4, -0.2) is 62.6 Å². The highest BCUT2D eigenvalue weighted by Gasteiger charge is 2.57. The molecule has 244 valence electrons. The van der Waals surface area contributed by atoms with E-state index in [2.05, 4.69) is 46.8 Å². The Kier molecular flexibility index (Phi) is 14.6. The van der Waals surface area contributed by atoms with Crippen LogP contribution in [0.25, 0.3) is 0 Å². The second-order valence-corrected chi connectivity index (χ2v) is 17.8. The topological polar surface area (TPSA) is 86.8 Å². The van der Waals surface area contributed by atoms with E-state index in [9.17, 15) is 9.90 Å². The highest BCUT2D eigenvalue weighted by Crippen LogP contribution is 2.43. The minimum atomic E-state index is -1.83. The van der Waals surface area contributed by atoms with Crippen molar-refractivity contribution in [2.75, 3.05) is 13.7 Å². The summed E-state index contributed by atoms with van der Waals surface area (Å²) in [5, 5.41) is 10.7. The largest absolute Gasteiger partial charge is 0.497 e. The number of hydrogen-bond acceptors (Lipinski definition) is 7. The van der Waals surface area contributed by atoms with E-state index in [1.807, 2.05) is 52.0 Å². The summed E-state index contributed by atoms with van der Waals surface area (Å²) in [5.41, 5.74) is 2.28. The molecule has 43 heavy (non-hydrogen) atoms. The van der Waals surface area contributed by atoms with Gasteiger partial charge in [0.25, 0.3) is 0 Å². The van der Waals surface area contributed by atoms with Gasteiger partial charge in [-0.15, -0.1) is 0 Å². The van der Waals surface area contributed by atoms with Crippen LogP contribution >= 0.6 is 0 Å². The van der Waals surface area contributed by atoms with Gasteiger partial charge in [0.15, 0.2) is 8.32 Å². The summed E-state index contributed by atoms with van der Waals surface area (Å²) < 4.78 is 29.4. The zero-order chi connectivity index (χ0) is 32.3. The number of benzene rings is 1. The lowest BCUT2D eigenvalue weighted by Crippen LogP contribution is -2.40. The Hall–Kier alpha value is -1.97. The second kappa shape index (κ2) is 16.9. The molecule has 0 saturated carbocycles. The fourth-order valence-corrected chi connectivity index (χ4v) is 8.16. The van der Waals surface area contributed by atoms with Crippen LogP contribution in [0.3, 0.4) is 0 Å². The van der Waals surface area contributed by atoms with E-state index in [0.717, 1.165) is 42.3 Å². The Morgan fingerprint density at radius 2 is 1.72 bits per heavy atom. The van der Waals surface area contributed by atoms with Gasteiger partial charge >= 0.3 is 5.97 Å². The third kappa shape index (κ3) is 12.1. The molecule has 0 bridgehead atoms. The van der Waals surface area contributed by atoms with E-state index in [-0.39, 0.29) is 18.6 Å². The average Bonchev–Trinajstić information content (AvgIpc) is 3.64. The van der Waals surface area contributed by atoms with Gasteiger partial charge in [0.05, 0.1) is 45.1 Å². The maximum atomic E-state index is 12.2. The van der Waals surface area contributed by atoms with Crippen molar-refractivity contribution in [2.24, 2.45) is 0 Å². The Morgan fingerprint density at radius 1 is 1.09 bits per heavy atom. The molecule has 4 atom stereocenters. The minimum absolute atomic E-state index is 0.0341. The van der Waals surface area contributed by atoms with Crippen LogP contribution < -0.4 is 4.74 Å².